The molecule has 1 heterocycles. The lowest BCUT2D eigenvalue weighted by Crippen LogP contribution is -2.40. The van der Waals surface area contributed by atoms with Crippen molar-refractivity contribution in [1.29, 1.82) is 0 Å². The zero-order chi connectivity index (χ0) is 10.1. The van der Waals surface area contributed by atoms with Gasteiger partial charge in [0.15, 0.2) is 0 Å². The lowest BCUT2D eigenvalue weighted by atomic mass is 9.42. The molecular formula is C7H10B3NO2. The van der Waals surface area contributed by atoms with E-state index in [1.165, 1.54) is 4.90 Å². The molecule has 1 aliphatic heterocycles. The SMILES string of the molecule is [B]C([B])([B])C(=O)N1CCC(OC)C1. The minimum atomic E-state index is -1.76. The normalized spacial score (nSPS) is 23.5. The molecule has 6 heteroatoms. The maximum atomic E-state index is 11.4. The number of amides is 1. The van der Waals surface area contributed by atoms with E-state index >= 15 is 0 Å². The van der Waals surface area contributed by atoms with Crippen molar-refractivity contribution in [1.82, 2.24) is 4.90 Å². The van der Waals surface area contributed by atoms with Gasteiger partial charge in [0.1, 0.15) is 0 Å². The van der Waals surface area contributed by atoms with Crippen LogP contribution < -0.4 is 0 Å². The van der Waals surface area contributed by atoms with Crippen molar-refractivity contribution in [3.63, 3.8) is 0 Å². The van der Waals surface area contributed by atoms with E-state index in [-0.39, 0.29) is 6.10 Å². The second kappa shape index (κ2) is 3.78. The van der Waals surface area contributed by atoms with E-state index in [0.717, 1.165) is 6.42 Å². The highest BCUT2D eigenvalue weighted by atomic mass is 16.5. The average Bonchev–Trinajstić information content (AvgIpc) is 2.48. The topological polar surface area (TPSA) is 29.5 Å². The van der Waals surface area contributed by atoms with Crippen LogP contribution in [0.5, 0.6) is 0 Å². The van der Waals surface area contributed by atoms with Crippen LogP contribution in [0, 0.1) is 0 Å². The summed E-state index contributed by atoms with van der Waals surface area (Å²) in [5.41, 5.74) is 0. The average molecular weight is 173 g/mol. The fraction of sp³-hybridized carbons (Fsp3) is 0.857. The fourth-order valence-electron chi connectivity index (χ4n) is 1.38. The van der Waals surface area contributed by atoms with E-state index in [1.54, 1.807) is 7.11 Å². The predicted molar refractivity (Wildman–Crippen MR) is 51.9 cm³/mol. The number of methoxy groups -OCH3 is 1. The predicted octanol–water partition coefficient (Wildman–Crippen LogP) is -1.19. The van der Waals surface area contributed by atoms with Gasteiger partial charge in [-0.2, -0.15) is 0 Å². The third-order valence-corrected chi connectivity index (χ3v) is 2.14. The lowest BCUT2D eigenvalue weighted by Gasteiger charge is -2.26. The molecule has 1 fully saturated rings. The van der Waals surface area contributed by atoms with Crippen LogP contribution in [0.1, 0.15) is 6.42 Å². The maximum Gasteiger partial charge on any atom is 0.203 e. The molecule has 13 heavy (non-hydrogen) atoms. The smallest absolute Gasteiger partial charge is 0.203 e. The number of rotatable bonds is 2. The quantitative estimate of drug-likeness (QED) is 0.491. The molecule has 0 aliphatic carbocycles. The monoisotopic (exact) mass is 173 g/mol. The van der Waals surface area contributed by atoms with Crippen molar-refractivity contribution in [3.8, 4) is 0 Å². The second-order valence-electron chi connectivity index (χ2n) is 3.33. The largest absolute Gasteiger partial charge is 0.380 e. The van der Waals surface area contributed by atoms with Crippen LogP contribution in [0.3, 0.4) is 0 Å². The molecule has 1 unspecified atom stereocenters. The number of carbonyl (C=O) groups is 1. The van der Waals surface area contributed by atoms with Gasteiger partial charge in [0.2, 0.25) is 5.91 Å². The summed E-state index contributed by atoms with van der Waals surface area (Å²) in [6.45, 7) is 1.12. The van der Waals surface area contributed by atoms with Crippen LogP contribution in [-0.2, 0) is 9.53 Å². The van der Waals surface area contributed by atoms with Gasteiger partial charge in [-0.25, -0.2) is 0 Å². The summed E-state index contributed by atoms with van der Waals surface area (Å²) < 4.78 is 5.09. The van der Waals surface area contributed by atoms with Crippen LogP contribution in [0.15, 0.2) is 0 Å². The molecule has 0 aromatic carbocycles. The fourth-order valence-corrected chi connectivity index (χ4v) is 1.38. The zero-order valence-electron chi connectivity index (χ0n) is 7.69. The van der Waals surface area contributed by atoms with E-state index in [9.17, 15) is 4.79 Å². The third kappa shape index (κ3) is 2.53. The summed E-state index contributed by atoms with van der Waals surface area (Å²) in [4.78, 5) is 12.9. The number of hydrogen-bond donors (Lipinski definition) is 0. The van der Waals surface area contributed by atoms with Gasteiger partial charge < -0.3 is 9.64 Å². The van der Waals surface area contributed by atoms with Crippen molar-refractivity contribution in [2.45, 2.75) is 17.6 Å². The number of ether oxygens (including phenoxy) is 1. The Hall–Kier alpha value is -0.375. The number of likely N-dealkylation sites (tertiary alicyclic amines) is 1. The van der Waals surface area contributed by atoms with Gasteiger partial charge in [-0.15, -0.1) is 0 Å². The van der Waals surface area contributed by atoms with Crippen molar-refractivity contribution in [2.75, 3.05) is 20.2 Å². The van der Waals surface area contributed by atoms with Crippen molar-refractivity contribution >= 4 is 29.4 Å². The first-order chi connectivity index (χ1) is 5.95. The van der Waals surface area contributed by atoms with Gasteiger partial charge in [-0.05, 0) is 6.42 Å². The molecule has 1 rings (SSSR count). The molecule has 3 nitrogen and oxygen atoms in total. The number of hydrogen-bond acceptors (Lipinski definition) is 2. The van der Waals surface area contributed by atoms with Gasteiger partial charge in [-0.3, -0.25) is 4.79 Å². The third-order valence-electron chi connectivity index (χ3n) is 2.14. The van der Waals surface area contributed by atoms with Crippen molar-refractivity contribution < 1.29 is 9.53 Å². The number of nitrogens with zero attached hydrogens (tertiary/aromatic N) is 1. The highest BCUT2D eigenvalue weighted by Crippen LogP contribution is 2.19. The molecule has 1 atom stereocenters. The van der Waals surface area contributed by atoms with Gasteiger partial charge in [-0.1, -0.05) is 5.11 Å². The van der Waals surface area contributed by atoms with Crippen molar-refractivity contribution in [2.24, 2.45) is 0 Å². The van der Waals surface area contributed by atoms with Crippen LogP contribution in [0.25, 0.3) is 0 Å². The van der Waals surface area contributed by atoms with Crippen LogP contribution in [0.2, 0.25) is 5.11 Å². The summed E-state index contributed by atoms with van der Waals surface area (Å²) in [5, 5.41) is -1.76. The van der Waals surface area contributed by atoms with Gasteiger partial charge in [0.25, 0.3) is 0 Å². The highest BCUT2D eigenvalue weighted by molar-refractivity contribution is 6.68. The Labute approximate surface area is 82.4 Å². The molecule has 0 spiro atoms. The Morgan fingerprint density at radius 3 is 2.54 bits per heavy atom. The highest BCUT2D eigenvalue weighted by Gasteiger charge is 2.31. The summed E-state index contributed by atoms with van der Waals surface area (Å²) in [6, 6.07) is 0. The van der Waals surface area contributed by atoms with Crippen LogP contribution in [0.4, 0.5) is 0 Å². The molecule has 0 aromatic heterocycles. The summed E-state index contributed by atoms with van der Waals surface area (Å²) in [5.74, 6) is -0.438. The van der Waals surface area contributed by atoms with Crippen LogP contribution >= 0.6 is 0 Å². The molecule has 1 saturated heterocycles. The second-order valence-corrected chi connectivity index (χ2v) is 3.33. The van der Waals surface area contributed by atoms with E-state index in [0.29, 0.717) is 13.1 Å². The Morgan fingerprint density at radius 2 is 2.15 bits per heavy atom. The van der Waals surface area contributed by atoms with E-state index in [2.05, 4.69) is 0 Å². The Bertz CT molecular complexity index is 204. The molecule has 64 valence electrons. The van der Waals surface area contributed by atoms with Gasteiger partial charge in [0.05, 0.1) is 29.6 Å². The first kappa shape index (κ1) is 10.7. The molecule has 0 aromatic rings. The molecule has 0 saturated carbocycles. The Kier molecular flexibility index (Phi) is 3.11. The first-order valence-corrected chi connectivity index (χ1v) is 4.14. The molecule has 1 amide bonds. The van der Waals surface area contributed by atoms with E-state index < -0.39 is 11.0 Å². The maximum absolute atomic E-state index is 11.4. The summed E-state index contributed by atoms with van der Waals surface area (Å²) >= 11 is 0. The van der Waals surface area contributed by atoms with Gasteiger partial charge in [0, 0.05) is 20.2 Å². The lowest BCUT2D eigenvalue weighted by molar-refractivity contribution is -0.129. The zero-order valence-corrected chi connectivity index (χ0v) is 7.69. The Balaban J connectivity index is 2.52. The standard InChI is InChI=1S/C7H10B3NO2/c1-13-5-2-3-11(4-5)6(12)7(8,9)10/h5H,2-4H2,1H3. The summed E-state index contributed by atoms with van der Waals surface area (Å²) in [7, 11) is 17.4. The molecule has 6 radical (unpaired) electrons. The molecule has 1 aliphatic rings. The molecule has 0 bridgehead atoms. The minimum Gasteiger partial charge on any atom is -0.380 e. The molecule has 0 N–H and O–H groups in total. The first-order valence-electron chi connectivity index (χ1n) is 4.14. The van der Waals surface area contributed by atoms with E-state index in [1.807, 2.05) is 0 Å². The Morgan fingerprint density at radius 1 is 1.54 bits per heavy atom. The van der Waals surface area contributed by atoms with Gasteiger partial charge >= 0.3 is 0 Å². The van der Waals surface area contributed by atoms with Crippen LogP contribution in [-0.4, -0.2) is 60.6 Å². The summed E-state index contributed by atoms with van der Waals surface area (Å²) in [6.07, 6.45) is 0.879. The van der Waals surface area contributed by atoms with E-state index in [4.69, 9.17) is 28.3 Å². The number of carbonyl (C=O) groups excluding carboxylic acids is 1. The van der Waals surface area contributed by atoms with Crippen molar-refractivity contribution in [3.05, 3.63) is 0 Å². The minimum absolute atomic E-state index is 0.0753. The molecular weight excluding hydrogens is 163 g/mol.